The number of rotatable bonds is 11. The van der Waals surface area contributed by atoms with Crippen LogP contribution >= 0.6 is 11.8 Å². The van der Waals surface area contributed by atoms with E-state index in [-0.39, 0.29) is 16.9 Å². The second-order valence-corrected chi connectivity index (χ2v) is 11.0. The van der Waals surface area contributed by atoms with E-state index in [0.717, 1.165) is 16.1 Å². The van der Waals surface area contributed by atoms with Gasteiger partial charge in [-0.25, -0.2) is 0 Å². The number of hydrogen-bond donors (Lipinski definition) is 3. The first-order valence-electron chi connectivity index (χ1n) is 13.5. The van der Waals surface area contributed by atoms with Crippen molar-refractivity contribution in [2.45, 2.75) is 24.0 Å². The number of methoxy groups -OCH3 is 2. The number of thioether (sulfide) groups is 1. The Morgan fingerprint density at radius 3 is 2.19 bits per heavy atom. The predicted molar refractivity (Wildman–Crippen MR) is 172 cm³/mol. The Kier molecular flexibility index (Phi) is 10.6. The SMILES string of the molecule is COc1cccc(/C=C(\NC(=O)c2ccccc2)C(=O)Nc2ccc(SC(C)C(=O)Nc3cccc(C)c3)cc2)c1OC. The van der Waals surface area contributed by atoms with Crippen LogP contribution in [0.4, 0.5) is 11.4 Å². The smallest absolute Gasteiger partial charge is 0.272 e. The number of benzene rings is 4. The minimum atomic E-state index is -0.527. The summed E-state index contributed by atoms with van der Waals surface area (Å²) in [6, 6.07) is 28.7. The lowest BCUT2D eigenvalue weighted by Gasteiger charge is -2.15. The van der Waals surface area contributed by atoms with Crippen molar-refractivity contribution in [1.82, 2.24) is 5.32 Å². The van der Waals surface area contributed by atoms with E-state index in [4.69, 9.17) is 9.47 Å². The van der Waals surface area contributed by atoms with Gasteiger partial charge in [0.05, 0.1) is 19.5 Å². The largest absolute Gasteiger partial charge is 0.493 e. The first-order valence-corrected chi connectivity index (χ1v) is 14.4. The first kappa shape index (κ1) is 30.9. The van der Waals surface area contributed by atoms with Gasteiger partial charge >= 0.3 is 0 Å². The van der Waals surface area contributed by atoms with Crippen LogP contribution in [0, 0.1) is 6.92 Å². The number of hydrogen-bond acceptors (Lipinski definition) is 6. The first-order chi connectivity index (χ1) is 20.8. The van der Waals surface area contributed by atoms with Crippen molar-refractivity contribution >= 4 is 46.9 Å². The molecule has 4 rings (SSSR count). The zero-order valence-corrected chi connectivity index (χ0v) is 25.2. The zero-order chi connectivity index (χ0) is 30.8. The molecular weight excluding hydrogens is 562 g/mol. The van der Waals surface area contributed by atoms with Gasteiger partial charge in [0.2, 0.25) is 5.91 Å². The fourth-order valence-corrected chi connectivity index (χ4v) is 5.03. The Bertz CT molecular complexity index is 1620. The maximum Gasteiger partial charge on any atom is 0.272 e. The van der Waals surface area contributed by atoms with Crippen molar-refractivity contribution in [2.75, 3.05) is 24.9 Å². The quantitative estimate of drug-likeness (QED) is 0.134. The summed E-state index contributed by atoms with van der Waals surface area (Å²) in [6.07, 6.45) is 1.54. The van der Waals surface area contributed by atoms with Gasteiger partial charge in [-0.15, -0.1) is 11.8 Å². The van der Waals surface area contributed by atoms with Crippen LogP contribution in [0.15, 0.2) is 108 Å². The van der Waals surface area contributed by atoms with Crippen LogP contribution in [-0.2, 0) is 9.59 Å². The highest BCUT2D eigenvalue weighted by Crippen LogP contribution is 2.32. The summed E-state index contributed by atoms with van der Waals surface area (Å²) in [5.74, 6) is -0.162. The Hall–Kier alpha value is -5.02. The van der Waals surface area contributed by atoms with E-state index in [1.54, 1.807) is 60.7 Å². The third-order valence-electron chi connectivity index (χ3n) is 6.34. The molecule has 3 N–H and O–H groups in total. The molecule has 1 atom stereocenters. The summed E-state index contributed by atoms with van der Waals surface area (Å²) >= 11 is 1.41. The van der Waals surface area contributed by atoms with Gasteiger partial charge in [0.15, 0.2) is 11.5 Å². The molecule has 1 unspecified atom stereocenters. The van der Waals surface area contributed by atoms with Crippen molar-refractivity contribution in [3.63, 3.8) is 0 Å². The molecule has 0 aliphatic heterocycles. The molecule has 4 aromatic carbocycles. The molecule has 0 saturated heterocycles. The summed E-state index contributed by atoms with van der Waals surface area (Å²) < 4.78 is 10.9. The molecule has 0 saturated carbocycles. The van der Waals surface area contributed by atoms with Crippen LogP contribution in [0.5, 0.6) is 11.5 Å². The van der Waals surface area contributed by atoms with Crippen LogP contribution in [-0.4, -0.2) is 37.2 Å². The number of anilines is 2. The van der Waals surface area contributed by atoms with Gasteiger partial charge in [0, 0.05) is 27.4 Å². The van der Waals surface area contributed by atoms with Gasteiger partial charge in [-0.2, -0.15) is 0 Å². The lowest BCUT2D eigenvalue weighted by Crippen LogP contribution is -2.30. The van der Waals surface area contributed by atoms with E-state index in [1.165, 1.54) is 32.1 Å². The molecule has 0 aromatic heterocycles. The van der Waals surface area contributed by atoms with Gasteiger partial charge in [-0.05, 0) is 80.1 Å². The second kappa shape index (κ2) is 14.7. The van der Waals surface area contributed by atoms with Crippen molar-refractivity contribution in [2.24, 2.45) is 0 Å². The van der Waals surface area contributed by atoms with Crippen LogP contribution < -0.4 is 25.4 Å². The second-order valence-electron chi connectivity index (χ2n) is 9.56. The predicted octanol–water partition coefficient (Wildman–Crippen LogP) is 6.54. The Morgan fingerprint density at radius 2 is 1.51 bits per heavy atom. The van der Waals surface area contributed by atoms with Crippen molar-refractivity contribution < 1.29 is 23.9 Å². The molecule has 0 aliphatic rings. The average Bonchev–Trinajstić information content (AvgIpc) is 3.01. The Labute approximate surface area is 255 Å². The number of amides is 3. The lowest BCUT2D eigenvalue weighted by atomic mass is 10.1. The van der Waals surface area contributed by atoms with Crippen LogP contribution in [0.3, 0.4) is 0 Å². The van der Waals surface area contributed by atoms with Crippen LogP contribution in [0.2, 0.25) is 0 Å². The summed E-state index contributed by atoms with van der Waals surface area (Å²) in [5, 5.41) is 8.17. The molecule has 0 spiro atoms. The molecule has 43 heavy (non-hydrogen) atoms. The van der Waals surface area contributed by atoms with Crippen molar-refractivity contribution in [1.29, 1.82) is 0 Å². The van der Waals surface area contributed by atoms with Gasteiger partial charge in [-0.1, -0.05) is 42.5 Å². The molecule has 0 heterocycles. The molecule has 0 bridgehead atoms. The fourth-order valence-electron chi connectivity index (χ4n) is 4.16. The highest BCUT2D eigenvalue weighted by molar-refractivity contribution is 8.00. The standard InChI is InChI=1S/C34H33N3O5S/c1-22-10-8-14-27(20-22)36-32(38)23(2)43-28-18-16-26(17-19-28)35-34(40)29(37-33(39)24-11-6-5-7-12-24)21-25-13-9-15-30(41-3)31(25)42-4/h5-21,23H,1-4H3,(H,35,40)(H,36,38)(H,37,39)/b29-21-. The van der Waals surface area contributed by atoms with Crippen LogP contribution in [0.25, 0.3) is 6.08 Å². The molecule has 3 amide bonds. The number of carbonyl (C=O) groups excluding carboxylic acids is 3. The third-order valence-corrected chi connectivity index (χ3v) is 7.45. The lowest BCUT2D eigenvalue weighted by molar-refractivity contribution is -0.115. The van der Waals surface area contributed by atoms with E-state index < -0.39 is 11.8 Å². The monoisotopic (exact) mass is 595 g/mol. The maximum atomic E-state index is 13.5. The maximum absolute atomic E-state index is 13.5. The van der Waals surface area contributed by atoms with E-state index in [2.05, 4.69) is 16.0 Å². The van der Waals surface area contributed by atoms with E-state index >= 15 is 0 Å². The topological polar surface area (TPSA) is 106 Å². The zero-order valence-electron chi connectivity index (χ0n) is 24.3. The molecule has 8 nitrogen and oxygen atoms in total. The Morgan fingerprint density at radius 1 is 0.791 bits per heavy atom. The number of para-hydroxylation sites is 1. The summed E-state index contributed by atoms with van der Waals surface area (Å²) in [5.41, 5.74) is 3.30. The highest BCUT2D eigenvalue weighted by atomic mass is 32.2. The molecular formula is C34H33N3O5S. The minimum absolute atomic E-state index is 0.0142. The molecule has 0 aliphatic carbocycles. The molecule has 9 heteroatoms. The van der Waals surface area contributed by atoms with E-state index in [1.807, 2.05) is 50.2 Å². The van der Waals surface area contributed by atoms with Crippen molar-refractivity contribution in [3.05, 3.63) is 119 Å². The fraction of sp³-hybridized carbons (Fsp3) is 0.147. The van der Waals surface area contributed by atoms with E-state index in [9.17, 15) is 14.4 Å². The number of nitrogens with one attached hydrogen (secondary N) is 3. The molecule has 4 aromatic rings. The third kappa shape index (κ3) is 8.50. The molecule has 0 fully saturated rings. The number of ether oxygens (including phenoxy) is 2. The molecule has 220 valence electrons. The van der Waals surface area contributed by atoms with Gasteiger partial charge in [0.1, 0.15) is 5.70 Å². The summed E-state index contributed by atoms with van der Waals surface area (Å²) in [6.45, 7) is 3.81. The molecule has 0 radical (unpaired) electrons. The minimum Gasteiger partial charge on any atom is -0.493 e. The van der Waals surface area contributed by atoms with Gasteiger partial charge in [0.25, 0.3) is 11.8 Å². The van der Waals surface area contributed by atoms with Gasteiger partial charge < -0.3 is 25.4 Å². The van der Waals surface area contributed by atoms with Gasteiger partial charge in [-0.3, -0.25) is 14.4 Å². The van der Waals surface area contributed by atoms with Crippen molar-refractivity contribution in [3.8, 4) is 11.5 Å². The number of carbonyl (C=O) groups is 3. The highest BCUT2D eigenvalue weighted by Gasteiger charge is 2.18. The summed E-state index contributed by atoms with van der Waals surface area (Å²) in [4.78, 5) is 40.0. The van der Waals surface area contributed by atoms with Crippen LogP contribution in [0.1, 0.15) is 28.4 Å². The number of aryl methyl sites for hydroxylation is 1. The average molecular weight is 596 g/mol. The van der Waals surface area contributed by atoms with E-state index in [0.29, 0.717) is 28.3 Å². The summed E-state index contributed by atoms with van der Waals surface area (Å²) in [7, 11) is 3.03. The normalized spacial score (nSPS) is 11.7. The Balaban J connectivity index is 1.49.